The second kappa shape index (κ2) is 9.74. The lowest BCUT2D eigenvalue weighted by Crippen LogP contribution is -2.30. The Morgan fingerprint density at radius 2 is 1.91 bits per heavy atom. The molecule has 0 saturated carbocycles. The molecule has 0 radical (unpaired) electrons. The number of amides is 1. The van der Waals surface area contributed by atoms with Crippen LogP contribution in [0.4, 0.5) is 11.4 Å². The van der Waals surface area contributed by atoms with E-state index in [1.54, 1.807) is 11.8 Å². The van der Waals surface area contributed by atoms with Gasteiger partial charge in [0.1, 0.15) is 0 Å². The average Bonchev–Trinajstić information content (AvgIpc) is 2.49. The Balaban J connectivity index is 2.48. The summed E-state index contributed by atoms with van der Waals surface area (Å²) in [6.07, 6.45) is 0. The maximum absolute atomic E-state index is 11.9. The molecule has 22 heavy (non-hydrogen) atoms. The van der Waals surface area contributed by atoms with E-state index in [1.165, 1.54) is 5.69 Å². The van der Waals surface area contributed by atoms with E-state index in [2.05, 4.69) is 31.0 Å². The van der Waals surface area contributed by atoms with E-state index in [0.717, 1.165) is 18.0 Å². The number of aliphatic hydroxyl groups is 1. The normalized spacial score (nSPS) is 12.3. The minimum atomic E-state index is -0.000836. The summed E-state index contributed by atoms with van der Waals surface area (Å²) in [5, 5.41) is 11.9. The number of benzene rings is 1. The van der Waals surface area contributed by atoms with Gasteiger partial charge in [-0.2, -0.15) is 11.8 Å². The van der Waals surface area contributed by atoms with Crippen LogP contribution in [0.25, 0.3) is 0 Å². The fraction of sp³-hybridized carbons (Fsp3) is 0.588. The molecule has 2 N–H and O–H groups in total. The van der Waals surface area contributed by atoms with Gasteiger partial charge in [0.2, 0.25) is 5.91 Å². The minimum Gasteiger partial charge on any atom is -0.396 e. The molecule has 0 aliphatic heterocycles. The van der Waals surface area contributed by atoms with Crippen molar-refractivity contribution in [2.24, 2.45) is 5.92 Å². The molecule has 124 valence electrons. The number of rotatable bonds is 9. The SMILES string of the molecule is CCN(c1ccc(NC(=O)CSCC(C)CO)cc1)C(C)C. The van der Waals surface area contributed by atoms with Crippen molar-refractivity contribution in [1.29, 1.82) is 0 Å². The second-order valence-electron chi connectivity index (χ2n) is 5.78. The van der Waals surface area contributed by atoms with Gasteiger partial charge in [-0.25, -0.2) is 0 Å². The number of carbonyl (C=O) groups excluding carboxylic acids is 1. The number of thioether (sulfide) groups is 1. The van der Waals surface area contributed by atoms with E-state index < -0.39 is 0 Å². The van der Waals surface area contributed by atoms with Crippen molar-refractivity contribution in [3.05, 3.63) is 24.3 Å². The Kier molecular flexibility index (Phi) is 8.35. The van der Waals surface area contributed by atoms with Gasteiger partial charge >= 0.3 is 0 Å². The molecule has 1 atom stereocenters. The Morgan fingerprint density at radius 3 is 2.41 bits per heavy atom. The molecule has 1 rings (SSSR count). The minimum absolute atomic E-state index is 0.000836. The van der Waals surface area contributed by atoms with E-state index in [1.807, 2.05) is 31.2 Å². The van der Waals surface area contributed by atoms with Gasteiger partial charge in [-0.15, -0.1) is 0 Å². The van der Waals surface area contributed by atoms with Crippen LogP contribution in [0.15, 0.2) is 24.3 Å². The molecule has 0 aliphatic carbocycles. The first-order valence-electron chi connectivity index (χ1n) is 7.83. The molecule has 1 aromatic carbocycles. The largest absolute Gasteiger partial charge is 0.396 e. The first kappa shape index (κ1) is 18.8. The molecule has 0 spiro atoms. The zero-order valence-corrected chi connectivity index (χ0v) is 14.8. The zero-order chi connectivity index (χ0) is 16.5. The Bertz CT molecular complexity index is 448. The monoisotopic (exact) mass is 324 g/mol. The predicted molar refractivity (Wildman–Crippen MR) is 96.8 cm³/mol. The van der Waals surface area contributed by atoms with Crippen molar-refractivity contribution in [2.45, 2.75) is 33.7 Å². The highest BCUT2D eigenvalue weighted by Gasteiger charge is 2.09. The van der Waals surface area contributed by atoms with E-state index in [9.17, 15) is 4.79 Å². The summed E-state index contributed by atoms with van der Waals surface area (Å²) >= 11 is 1.55. The number of anilines is 2. The van der Waals surface area contributed by atoms with E-state index >= 15 is 0 Å². The molecule has 0 aliphatic rings. The average molecular weight is 324 g/mol. The van der Waals surface area contributed by atoms with Crippen LogP contribution in [0.1, 0.15) is 27.7 Å². The predicted octanol–water partition coefficient (Wildman–Crippen LogP) is 3.22. The van der Waals surface area contributed by atoms with Gasteiger partial charge < -0.3 is 15.3 Å². The molecule has 0 heterocycles. The number of aliphatic hydroxyl groups excluding tert-OH is 1. The fourth-order valence-electron chi connectivity index (χ4n) is 2.18. The van der Waals surface area contributed by atoms with Crippen LogP contribution in [0.5, 0.6) is 0 Å². The first-order chi connectivity index (χ1) is 10.5. The fourth-order valence-corrected chi connectivity index (χ4v) is 3.07. The molecule has 1 amide bonds. The van der Waals surface area contributed by atoms with Crippen LogP contribution in [0.3, 0.4) is 0 Å². The molecule has 0 bridgehead atoms. The summed E-state index contributed by atoms with van der Waals surface area (Å²) < 4.78 is 0. The van der Waals surface area contributed by atoms with Gasteiger partial charge in [0.05, 0.1) is 5.75 Å². The van der Waals surface area contributed by atoms with Crippen LogP contribution in [-0.4, -0.2) is 41.7 Å². The molecular formula is C17H28N2O2S. The lowest BCUT2D eigenvalue weighted by Gasteiger charge is -2.27. The van der Waals surface area contributed by atoms with Crippen LogP contribution in [0, 0.1) is 5.92 Å². The Labute approximate surface area is 138 Å². The van der Waals surface area contributed by atoms with E-state index in [-0.39, 0.29) is 18.4 Å². The summed E-state index contributed by atoms with van der Waals surface area (Å²) in [4.78, 5) is 14.2. The number of nitrogens with zero attached hydrogens (tertiary/aromatic N) is 1. The van der Waals surface area contributed by atoms with Crippen LogP contribution in [0.2, 0.25) is 0 Å². The zero-order valence-electron chi connectivity index (χ0n) is 14.0. The molecule has 5 heteroatoms. The summed E-state index contributed by atoms with van der Waals surface area (Å²) in [6, 6.07) is 8.43. The third-order valence-electron chi connectivity index (χ3n) is 3.39. The number of nitrogens with one attached hydrogen (secondary N) is 1. The lowest BCUT2D eigenvalue weighted by molar-refractivity contribution is -0.113. The topological polar surface area (TPSA) is 52.6 Å². The highest BCUT2D eigenvalue weighted by Crippen LogP contribution is 2.20. The van der Waals surface area contributed by atoms with Crippen molar-refractivity contribution >= 4 is 29.0 Å². The maximum Gasteiger partial charge on any atom is 0.234 e. The molecule has 4 nitrogen and oxygen atoms in total. The lowest BCUT2D eigenvalue weighted by atomic mass is 10.2. The van der Waals surface area contributed by atoms with Crippen molar-refractivity contribution in [1.82, 2.24) is 0 Å². The van der Waals surface area contributed by atoms with Crippen molar-refractivity contribution in [3.63, 3.8) is 0 Å². The summed E-state index contributed by atoms with van der Waals surface area (Å²) in [5.41, 5.74) is 1.99. The third kappa shape index (κ3) is 6.28. The smallest absolute Gasteiger partial charge is 0.234 e. The molecule has 1 unspecified atom stereocenters. The molecular weight excluding hydrogens is 296 g/mol. The molecule has 0 aromatic heterocycles. The quantitative estimate of drug-likeness (QED) is 0.732. The van der Waals surface area contributed by atoms with Gasteiger partial charge in [0.25, 0.3) is 0 Å². The van der Waals surface area contributed by atoms with Crippen molar-refractivity contribution in [3.8, 4) is 0 Å². The van der Waals surface area contributed by atoms with Gasteiger partial charge in [-0.1, -0.05) is 6.92 Å². The van der Waals surface area contributed by atoms with Crippen molar-refractivity contribution in [2.75, 3.05) is 34.9 Å². The molecule has 1 aromatic rings. The maximum atomic E-state index is 11.9. The summed E-state index contributed by atoms with van der Waals surface area (Å²) in [5.74, 6) is 1.44. The van der Waals surface area contributed by atoms with E-state index in [4.69, 9.17) is 5.11 Å². The first-order valence-corrected chi connectivity index (χ1v) is 8.98. The highest BCUT2D eigenvalue weighted by atomic mass is 32.2. The van der Waals surface area contributed by atoms with Gasteiger partial charge in [-0.05, 0) is 56.7 Å². The third-order valence-corrected chi connectivity index (χ3v) is 4.66. The van der Waals surface area contributed by atoms with Crippen LogP contribution >= 0.6 is 11.8 Å². The summed E-state index contributed by atoms with van der Waals surface area (Å²) in [6.45, 7) is 9.58. The van der Waals surface area contributed by atoms with Gasteiger partial charge in [0, 0.05) is 30.6 Å². The van der Waals surface area contributed by atoms with Crippen LogP contribution in [-0.2, 0) is 4.79 Å². The second-order valence-corrected chi connectivity index (χ2v) is 6.81. The number of hydrogen-bond donors (Lipinski definition) is 2. The Morgan fingerprint density at radius 1 is 1.27 bits per heavy atom. The standard InChI is InChI=1S/C17H28N2O2S/c1-5-19(13(2)3)16-8-6-15(7-9-16)18-17(21)12-22-11-14(4)10-20/h6-9,13-14,20H,5,10-12H2,1-4H3,(H,18,21). The highest BCUT2D eigenvalue weighted by molar-refractivity contribution is 7.99. The van der Waals surface area contributed by atoms with Crippen LogP contribution < -0.4 is 10.2 Å². The number of hydrogen-bond acceptors (Lipinski definition) is 4. The van der Waals surface area contributed by atoms with Gasteiger partial charge in [0.15, 0.2) is 0 Å². The Hall–Kier alpha value is -1.20. The molecule has 0 fully saturated rings. The molecule has 0 saturated heterocycles. The summed E-state index contributed by atoms with van der Waals surface area (Å²) in [7, 11) is 0. The van der Waals surface area contributed by atoms with Gasteiger partial charge in [-0.3, -0.25) is 4.79 Å². The van der Waals surface area contributed by atoms with E-state index in [0.29, 0.717) is 11.8 Å². The van der Waals surface area contributed by atoms with Crippen molar-refractivity contribution < 1.29 is 9.90 Å². The number of carbonyl (C=O) groups is 1.